The van der Waals surface area contributed by atoms with Crippen molar-refractivity contribution >= 4 is 61.4 Å². The summed E-state index contributed by atoms with van der Waals surface area (Å²) in [6.45, 7) is 5.22. The van der Waals surface area contributed by atoms with Gasteiger partial charge in [-0.15, -0.1) is 0 Å². The summed E-state index contributed by atoms with van der Waals surface area (Å²) in [6.07, 6.45) is 6.68. The molecule has 2 heterocycles. The zero-order valence-electron chi connectivity index (χ0n) is 22.3. The number of halogens is 1. The number of carbonyl (C=O) groups excluding carboxylic acids is 1. The van der Waals surface area contributed by atoms with Gasteiger partial charge in [-0.05, 0) is 79.4 Å². The van der Waals surface area contributed by atoms with Crippen LogP contribution in [0.1, 0.15) is 49.4 Å². The lowest BCUT2D eigenvalue weighted by molar-refractivity contribution is -0.124. The van der Waals surface area contributed by atoms with Crippen LogP contribution in [0.15, 0.2) is 93.2 Å². The van der Waals surface area contributed by atoms with Gasteiger partial charge < -0.3 is 4.57 Å². The van der Waals surface area contributed by atoms with Gasteiger partial charge in [0.15, 0.2) is 5.17 Å². The summed E-state index contributed by atoms with van der Waals surface area (Å²) in [5, 5.41) is 1.96. The quantitative estimate of drug-likeness (QED) is 0.215. The second-order valence-corrected chi connectivity index (χ2v) is 12.5. The van der Waals surface area contributed by atoms with E-state index in [9.17, 15) is 4.79 Å². The Morgan fingerprint density at radius 1 is 0.974 bits per heavy atom. The van der Waals surface area contributed by atoms with Crippen molar-refractivity contribution in [3.63, 3.8) is 0 Å². The van der Waals surface area contributed by atoms with Gasteiger partial charge in [0.25, 0.3) is 5.91 Å². The molecule has 1 aliphatic carbocycles. The lowest BCUT2D eigenvalue weighted by Gasteiger charge is -2.35. The number of amides is 1. The molecule has 1 saturated carbocycles. The van der Waals surface area contributed by atoms with E-state index in [0.717, 1.165) is 57.3 Å². The number of carbonyl (C=O) groups is 1. The van der Waals surface area contributed by atoms with E-state index in [0.29, 0.717) is 5.92 Å². The second-order valence-electron chi connectivity index (χ2n) is 10.6. The standard InChI is InChI=1S/C33H32BrN3OS/c1-22-10-6-8-14-29(22)37-32(38)31(39-33(37)35-26-11-4-3-5-12-26)20-28-23(2)36(30-15-9-7-13-27(28)30)21-24-16-18-25(34)19-17-24/h3-5,7,9,11-13,15-20,22,29H,6,8,10,14,21H2,1-2H3/b31-20-,35-33?/t22-,29-/m1/s1. The van der Waals surface area contributed by atoms with Gasteiger partial charge in [-0.25, -0.2) is 4.99 Å². The van der Waals surface area contributed by atoms with Crippen molar-refractivity contribution in [1.29, 1.82) is 0 Å². The number of fused-ring (bicyclic) bond motifs is 1. The van der Waals surface area contributed by atoms with Crippen LogP contribution in [-0.4, -0.2) is 26.6 Å². The van der Waals surface area contributed by atoms with Crippen LogP contribution in [0.4, 0.5) is 5.69 Å². The summed E-state index contributed by atoms with van der Waals surface area (Å²) in [7, 11) is 0. The fourth-order valence-corrected chi connectivity index (χ4v) is 7.19. The molecule has 0 bridgehead atoms. The fraction of sp³-hybridized carbons (Fsp3) is 0.273. The van der Waals surface area contributed by atoms with E-state index in [2.05, 4.69) is 89.0 Å². The van der Waals surface area contributed by atoms with Crippen molar-refractivity contribution in [1.82, 2.24) is 9.47 Å². The van der Waals surface area contributed by atoms with E-state index < -0.39 is 0 Å². The Bertz CT molecular complexity index is 1570. The average molecular weight is 599 g/mol. The molecule has 1 amide bonds. The number of amidine groups is 1. The number of thioether (sulfide) groups is 1. The minimum atomic E-state index is 0.0811. The van der Waals surface area contributed by atoms with Gasteiger partial charge in [-0.2, -0.15) is 0 Å². The van der Waals surface area contributed by atoms with Crippen molar-refractivity contribution in [2.24, 2.45) is 10.9 Å². The minimum absolute atomic E-state index is 0.0811. The molecule has 1 aliphatic heterocycles. The topological polar surface area (TPSA) is 37.6 Å². The Labute approximate surface area is 242 Å². The lowest BCUT2D eigenvalue weighted by atomic mass is 9.85. The van der Waals surface area contributed by atoms with E-state index >= 15 is 0 Å². The zero-order valence-corrected chi connectivity index (χ0v) is 24.7. The van der Waals surface area contributed by atoms with Crippen molar-refractivity contribution in [3.05, 3.63) is 105 Å². The van der Waals surface area contributed by atoms with Crippen molar-refractivity contribution in [2.45, 2.75) is 52.1 Å². The van der Waals surface area contributed by atoms with Gasteiger partial charge in [0.1, 0.15) is 0 Å². The zero-order chi connectivity index (χ0) is 26.9. The van der Waals surface area contributed by atoms with Crippen LogP contribution in [-0.2, 0) is 11.3 Å². The maximum absolute atomic E-state index is 14.1. The van der Waals surface area contributed by atoms with E-state index in [1.807, 2.05) is 35.2 Å². The molecular formula is C33H32BrN3OS. The minimum Gasteiger partial charge on any atom is -0.340 e. The number of aliphatic imine (C=N–C) groups is 1. The van der Waals surface area contributed by atoms with Crippen molar-refractivity contribution < 1.29 is 4.79 Å². The Morgan fingerprint density at radius 2 is 1.69 bits per heavy atom. The van der Waals surface area contributed by atoms with E-state index in [1.165, 1.54) is 34.6 Å². The lowest BCUT2D eigenvalue weighted by Crippen LogP contribution is -2.44. The molecule has 0 N–H and O–H groups in total. The number of rotatable bonds is 5. The van der Waals surface area contributed by atoms with Crippen LogP contribution in [0.25, 0.3) is 17.0 Å². The number of para-hydroxylation sites is 2. The molecule has 1 aromatic heterocycles. The first-order valence-corrected chi connectivity index (χ1v) is 15.3. The Balaban J connectivity index is 1.42. The predicted molar refractivity (Wildman–Crippen MR) is 167 cm³/mol. The maximum Gasteiger partial charge on any atom is 0.267 e. The summed E-state index contributed by atoms with van der Waals surface area (Å²) in [4.78, 5) is 21.8. The van der Waals surface area contributed by atoms with Crippen LogP contribution in [0, 0.1) is 12.8 Å². The molecule has 2 fully saturated rings. The molecular weight excluding hydrogens is 566 g/mol. The van der Waals surface area contributed by atoms with Gasteiger partial charge in [0, 0.05) is 39.2 Å². The normalized spacial score (nSPS) is 21.9. The molecule has 6 heteroatoms. The van der Waals surface area contributed by atoms with Crippen LogP contribution < -0.4 is 0 Å². The summed E-state index contributed by atoms with van der Waals surface area (Å²) in [5.41, 5.74) is 5.56. The molecule has 3 aromatic carbocycles. The van der Waals surface area contributed by atoms with E-state index in [4.69, 9.17) is 4.99 Å². The van der Waals surface area contributed by atoms with Crippen LogP contribution in [0.3, 0.4) is 0 Å². The number of benzene rings is 3. The highest BCUT2D eigenvalue weighted by molar-refractivity contribution is 9.10. The molecule has 4 aromatic rings. The molecule has 0 radical (unpaired) electrons. The monoisotopic (exact) mass is 597 g/mol. The van der Waals surface area contributed by atoms with E-state index in [-0.39, 0.29) is 11.9 Å². The third-order valence-electron chi connectivity index (χ3n) is 8.02. The highest BCUT2D eigenvalue weighted by atomic mass is 79.9. The molecule has 0 unspecified atom stereocenters. The smallest absolute Gasteiger partial charge is 0.267 e. The molecule has 2 aliphatic rings. The first-order valence-electron chi connectivity index (χ1n) is 13.7. The molecule has 6 rings (SSSR count). The second kappa shape index (κ2) is 11.2. The van der Waals surface area contributed by atoms with Gasteiger partial charge in [-0.3, -0.25) is 9.69 Å². The molecule has 39 heavy (non-hydrogen) atoms. The fourth-order valence-electron chi connectivity index (χ4n) is 5.90. The van der Waals surface area contributed by atoms with Gasteiger partial charge in [0.05, 0.1) is 10.6 Å². The van der Waals surface area contributed by atoms with Gasteiger partial charge >= 0.3 is 0 Å². The first kappa shape index (κ1) is 26.1. The summed E-state index contributed by atoms with van der Waals surface area (Å²) in [6, 6.07) is 27.2. The van der Waals surface area contributed by atoms with Crippen LogP contribution in [0.5, 0.6) is 0 Å². The third kappa shape index (κ3) is 5.24. The molecule has 0 spiro atoms. The Morgan fingerprint density at radius 3 is 2.46 bits per heavy atom. The summed E-state index contributed by atoms with van der Waals surface area (Å²) < 4.78 is 3.43. The molecule has 1 saturated heterocycles. The summed E-state index contributed by atoms with van der Waals surface area (Å²) in [5.74, 6) is 0.538. The number of hydrogen-bond donors (Lipinski definition) is 0. The molecule has 2 atom stereocenters. The number of hydrogen-bond acceptors (Lipinski definition) is 3. The molecule has 4 nitrogen and oxygen atoms in total. The third-order valence-corrected chi connectivity index (χ3v) is 9.54. The summed E-state index contributed by atoms with van der Waals surface area (Å²) >= 11 is 5.06. The SMILES string of the molecule is Cc1c(/C=C2\SC(=Nc3ccccc3)N([C@@H]3CCCC[C@H]3C)C2=O)c2ccccc2n1Cc1ccc(Br)cc1. The number of aromatic nitrogens is 1. The predicted octanol–water partition coefficient (Wildman–Crippen LogP) is 8.94. The van der Waals surface area contributed by atoms with Gasteiger partial charge in [-0.1, -0.05) is 84.2 Å². The van der Waals surface area contributed by atoms with Crippen LogP contribution in [0.2, 0.25) is 0 Å². The largest absolute Gasteiger partial charge is 0.340 e. The van der Waals surface area contributed by atoms with Gasteiger partial charge in [0.2, 0.25) is 0 Å². The van der Waals surface area contributed by atoms with E-state index in [1.54, 1.807) is 0 Å². The first-order chi connectivity index (χ1) is 19.0. The molecule has 198 valence electrons. The maximum atomic E-state index is 14.1. The van der Waals surface area contributed by atoms with Crippen molar-refractivity contribution in [3.8, 4) is 0 Å². The highest BCUT2D eigenvalue weighted by Crippen LogP contribution is 2.41. The number of nitrogens with zero attached hydrogens (tertiary/aromatic N) is 3. The van der Waals surface area contributed by atoms with Crippen LogP contribution >= 0.6 is 27.7 Å². The Kier molecular flexibility index (Phi) is 7.50. The Hall–Kier alpha value is -3.09. The average Bonchev–Trinajstić information content (AvgIpc) is 3.39. The highest BCUT2D eigenvalue weighted by Gasteiger charge is 2.41. The van der Waals surface area contributed by atoms with Crippen molar-refractivity contribution in [2.75, 3.05) is 0 Å².